The van der Waals surface area contributed by atoms with Crippen LogP contribution in [0.3, 0.4) is 0 Å². The average molecular weight is 292 g/mol. The van der Waals surface area contributed by atoms with Gasteiger partial charge in [0.15, 0.2) is 5.78 Å². The van der Waals surface area contributed by atoms with Crippen molar-refractivity contribution in [3.63, 3.8) is 0 Å². The van der Waals surface area contributed by atoms with Crippen LogP contribution in [0.4, 0.5) is 0 Å². The number of fused-ring (bicyclic) bond motifs is 1. The van der Waals surface area contributed by atoms with Gasteiger partial charge in [-0.3, -0.25) is 4.79 Å². The molecule has 0 atom stereocenters. The molecule has 0 aliphatic carbocycles. The smallest absolute Gasteiger partial charge is 0.165 e. The first-order chi connectivity index (χ1) is 10.6. The van der Waals surface area contributed by atoms with Crippen LogP contribution in [0.25, 0.3) is 11.0 Å². The van der Waals surface area contributed by atoms with E-state index < -0.39 is 0 Å². The minimum absolute atomic E-state index is 0.159. The molecule has 0 saturated carbocycles. The zero-order valence-electron chi connectivity index (χ0n) is 13.3. The van der Waals surface area contributed by atoms with Gasteiger partial charge in [-0.1, -0.05) is 30.3 Å². The van der Waals surface area contributed by atoms with Gasteiger partial charge in [-0.15, -0.1) is 0 Å². The summed E-state index contributed by atoms with van der Waals surface area (Å²) in [5.41, 5.74) is 5.04. The predicted octanol–water partition coefficient (Wildman–Crippen LogP) is 4.01. The summed E-state index contributed by atoms with van der Waals surface area (Å²) in [5.74, 6) is 1.08. The van der Waals surface area contributed by atoms with E-state index in [0.29, 0.717) is 6.42 Å². The molecule has 3 heteroatoms. The van der Waals surface area contributed by atoms with Gasteiger partial charge in [-0.2, -0.15) is 0 Å². The van der Waals surface area contributed by atoms with E-state index in [4.69, 9.17) is 0 Å². The zero-order valence-corrected chi connectivity index (χ0v) is 13.3. The normalized spacial score (nSPS) is 11.0. The monoisotopic (exact) mass is 292 g/mol. The number of aryl methyl sites for hydroxylation is 4. The first kappa shape index (κ1) is 14.5. The minimum atomic E-state index is 0.159. The Bertz CT molecular complexity index is 846. The molecule has 3 rings (SSSR count). The Labute approximate surface area is 130 Å². The molecule has 0 unspecified atom stereocenters. The second kappa shape index (κ2) is 5.76. The number of Topliss-reactive ketones (excluding diaryl/α,β-unsaturated/α-hetero) is 1. The SMILES string of the molecule is Cc1ccccc1CCC(=O)c1cccc2c1nc(C)n2C. The fraction of sp³-hybridized carbons (Fsp3) is 0.263. The number of hydrogen-bond acceptors (Lipinski definition) is 2. The highest BCUT2D eigenvalue weighted by atomic mass is 16.1. The van der Waals surface area contributed by atoms with Crippen LogP contribution in [0, 0.1) is 13.8 Å². The Kier molecular flexibility index (Phi) is 3.80. The Morgan fingerprint density at radius 3 is 2.64 bits per heavy atom. The van der Waals surface area contributed by atoms with Crippen LogP contribution in [-0.2, 0) is 13.5 Å². The van der Waals surface area contributed by atoms with Crippen LogP contribution in [0.1, 0.15) is 33.7 Å². The first-order valence-corrected chi connectivity index (χ1v) is 7.57. The number of benzene rings is 2. The van der Waals surface area contributed by atoms with Crippen LogP contribution in [0.2, 0.25) is 0 Å². The molecule has 1 aromatic heterocycles. The fourth-order valence-corrected chi connectivity index (χ4v) is 2.83. The van der Waals surface area contributed by atoms with E-state index in [1.807, 2.05) is 48.9 Å². The maximum absolute atomic E-state index is 12.6. The molecule has 22 heavy (non-hydrogen) atoms. The van der Waals surface area contributed by atoms with E-state index in [1.54, 1.807) is 0 Å². The predicted molar refractivity (Wildman–Crippen MR) is 89.3 cm³/mol. The van der Waals surface area contributed by atoms with Crippen molar-refractivity contribution in [2.75, 3.05) is 0 Å². The Balaban J connectivity index is 1.87. The molecule has 0 aliphatic heterocycles. The van der Waals surface area contributed by atoms with Gasteiger partial charge in [0.1, 0.15) is 5.82 Å². The van der Waals surface area contributed by atoms with Crippen molar-refractivity contribution in [1.82, 2.24) is 9.55 Å². The van der Waals surface area contributed by atoms with Crippen LogP contribution < -0.4 is 0 Å². The van der Waals surface area contributed by atoms with Crippen LogP contribution in [0.5, 0.6) is 0 Å². The molecule has 1 heterocycles. The number of aromatic nitrogens is 2. The molecule has 3 aromatic rings. The lowest BCUT2D eigenvalue weighted by Crippen LogP contribution is -2.03. The lowest BCUT2D eigenvalue weighted by Gasteiger charge is -2.06. The fourth-order valence-electron chi connectivity index (χ4n) is 2.83. The van der Waals surface area contributed by atoms with E-state index >= 15 is 0 Å². The number of hydrogen-bond donors (Lipinski definition) is 0. The quantitative estimate of drug-likeness (QED) is 0.681. The highest BCUT2D eigenvalue weighted by Crippen LogP contribution is 2.21. The van der Waals surface area contributed by atoms with Gasteiger partial charge in [0.25, 0.3) is 0 Å². The summed E-state index contributed by atoms with van der Waals surface area (Å²) in [7, 11) is 1.98. The van der Waals surface area contributed by atoms with Gasteiger partial charge in [0.05, 0.1) is 11.0 Å². The first-order valence-electron chi connectivity index (χ1n) is 7.57. The highest BCUT2D eigenvalue weighted by molar-refractivity contribution is 6.06. The topological polar surface area (TPSA) is 34.9 Å². The molecular formula is C19H20N2O. The van der Waals surface area contributed by atoms with E-state index in [0.717, 1.165) is 28.8 Å². The molecule has 0 aliphatic rings. The number of carbonyl (C=O) groups is 1. The number of ketones is 1. The van der Waals surface area contributed by atoms with E-state index in [2.05, 4.69) is 24.0 Å². The number of nitrogens with zero attached hydrogens (tertiary/aromatic N) is 2. The molecule has 0 N–H and O–H groups in total. The second-order valence-corrected chi connectivity index (χ2v) is 5.74. The summed E-state index contributed by atoms with van der Waals surface area (Å²) in [6.45, 7) is 4.05. The summed E-state index contributed by atoms with van der Waals surface area (Å²) in [6.07, 6.45) is 1.29. The number of rotatable bonds is 4. The third-order valence-corrected chi connectivity index (χ3v) is 4.32. The molecule has 0 bridgehead atoms. The molecule has 2 aromatic carbocycles. The number of para-hydroxylation sites is 1. The molecular weight excluding hydrogens is 272 g/mol. The summed E-state index contributed by atoms with van der Waals surface area (Å²) >= 11 is 0. The Morgan fingerprint density at radius 1 is 1.09 bits per heavy atom. The molecule has 0 radical (unpaired) electrons. The van der Waals surface area contributed by atoms with Crippen molar-refractivity contribution in [2.24, 2.45) is 7.05 Å². The summed E-state index contributed by atoms with van der Waals surface area (Å²) in [5, 5.41) is 0. The van der Waals surface area contributed by atoms with Gasteiger partial charge in [-0.05, 0) is 43.5 Å². The van der Waals surface area contributed by atoms with E-state index in [1.165, 1.54) is 11.1 Å². The van der Waals surface area contributed by atoms with Gasteiger partial charge >= 0.3 is 0 Å². The molecule has 0 amide bonds. The third kappa shape index (κ3) is 2.54. The van der Waals surface area contributed by atoms with Crippen molar-refractivity contribution >= 4 is 16.8 Å². The number of carbonyl (C=O) groups excluding carboxylic acids is 1. The van der Waals surface area contributed by atoms with Crippen molar-refractivity contribution < 1.29 is 4.79 Å². The van der Waals surface area contributed by atoms with Gasteiger partial charge in [0, 0.05) is 19.0 Å². The summed E-state index contributed by atoms with van der Waals surface area (Å²) in [4.78, 5) is 17.2. The van der Waals surface area contributed by atoms with Crippen LogP contribution >= 0.6 is 0 Å². The lowest BCUT2D eigenvalue weighted by atomic mass is 9.99. The van der Waals surface area contributed by atoms with Crippen LogP contribution in [-0.4, -0.2) is 15.3 Å². The van der Waals surface area contributed by atoms with E-state index in [-0.39, 0.29) is 5.78 Å². The highest BCUT2D eigenvalue weighted by Gasteiger charge is 2.14. The van der Waals surface area contributed by atoms with Crippen LogP contribution in [0.15, 0.2) is 42.5 Å². The molecule has 0 fully saturated rings. The maximum atomic E-state index is 12.6. The van der Waals surface area contributed by atoms with Crippen molar-refractivity contribution in [3.8, 4) is 0 Å². The molecule has 0 saturated heterocycles. The van der Waals surface area contributed by atoms with E-state index in [9.17, 15) is 4.79 Å². The Hall–Kier alpha value is -2.42. The lowest BCUT2D eigenvalue weighted by molar-refractivity contribution is 0.0984. The minimum Gasteiger partial charge on any atom is -0.331 e. The Morgan fingerprint density at radius 2 is 1.86 bits per heavy atom. The summed E-state index contributed by atoms with van der Waals surface area (Å²) < 4.78 is 2.02. The maximum Gasteiger partial charge on any atom is 0.165 e. The zero-order chi connectivity index (χ0) is 15.7. The van der Waals surface area contributed by atoms with Crippen molar-refractivity contribution in [2.45, 2.75) is 26.7 Å². The van der Waals surface area contributed by atoms with Crippen molar-refractivity contribution in [3.05, 3.63) is 65.0 Å². The van der Waals surface area contributed by atoms with Gasteiger partial charge in [-0.25, -0.2) is 4.98 Å². The van der Waals surface area contributed by atoms with Gasteiger partial charge in [0.2, 0.25) is 0 Å². The molecule has 3 nitrogen and oxygen atoms in total. The third-order valence-electron chi connectivity index (χ3n) is 4.32. The average Bonchev–Trinajstić information content (AvgIpc) is 2.81. The molecule has 112 valence electrons. The second-order valence-electron chi connectivity index (χ2n) is 5.74. The largest absolute Gasteiger partial charge is 0.331 e. The molecule has 0 spiro atoms. The van der Waals surface area contributed by atoms with Gasteiger partial charge < -0.3 is 4.57 Å². The number of imidazole rings is 1. The standard InChI is InChI=1S/C19H20N2O/c1-13-7-4-5-8-15(13)11-12-18(22)16-9-6-10-17-19(16)20-14(2)21(17)3/h4-10H,11-12H2,1-3H3. The van der Waals surface area contributed by atoms with Crippen molar-refractivity contribution in [1.29, 1.82) is 0 Å². The summed E-state index contributed by atoms with van der Waals surface area (Å²) in [6, 6.07) is 14.1.